The monoisotopic (exact) mass is 438 g/mol. The van der Waals surface area contributed by atoms with Crippen LogP contribution in [-0.2, 0) is 4.79 Å². The Labute approximate surface area is 178 Å². The molecule has 1 fully saturated rings. The second-order valence-electron chi connectivity index (χ2n) is 8.08. The fourth-order valence-corrected chi connectivity index (χ4v) is 5.38. The average Bonchev–Trinajstić information content (AvgIpc) is 3.20. The van der Waals surface area contributed by atoms with Crippen LogP contribution in [0.5, 0.6) is 0 Å². The number of hydrogen-bond acceptors (Lipinski definition) is 4. The second-order valence-corrected chi connectivity index (χ2v) is 9.19. The number of unbranched alkanes of at least 4 members (excludes halogenated alkanes) is 1. The lowest BCUT2D eigenvalue weighted by atomic mass is 9.85. The molecule has 2 aromatic rings. The number of fused-ring (bicyclic) bond motifs is 1. The highest BCUT2D eigenvalue weighted by Crippen LogP contribution is 2.49. The topological polar surface area (TPSA) is 77.8 Å². The van der Waals surface area contributed by atoms with Crippen molar-refractivity contribution in [1.29, 1.82) is 0 Å². The van der Waals surface area contributed by atoms with Crippen LogP contribution in [0.2, 0.25) is 0 Å². The van der Waals surface area contributed by atoms with E-state index in [2.05, 4.69) is 0 Å². The zero-order chi connectivity index (χ0) is 21.7. The summed E-state index contributed by atoms with van der Waals surface area (Å²) in [5.41, 5.74) is 0. The fourth-order valence-electron chi connectivity index (χ4n) is 4.30. The van der Waals surface area contributed by atoms with E-state index in [0.29, 0.717) is 19.3 Å². The minimum absolute atomic E-state index is 0.0761. The van der Waals surface area contributed by atoms with Gasteiger partial charge in [0.2, 0.25) is 0 Å². The zero-order valence-corrected chi connectivity index (χ0v) is 17.5. The van der Waals surface area contributed by atoms with Gasteiger partial charge in [-0.1, -0.05) is 30.4 Å². The number of aliphatic carboxylic acids is 1. The van der Waals surface area contributed by atoms with Crippen LogP contribution in [0.4, 0.5) is 8.78 Å². The SMILES string of the molecule is O=C(O)CCCC=CC[C@@H]1[C@@H](CC[C@@H](O)c2cc3ccccc3s2)C(F)(F)C[C@@H]1O. The van der Waals surface area contributed by atoms with E-state index < -0.39 is 42.4 Å². The summed E-state index contributed by atoms with van der Waals surface area (Å²) in [4.78, 5) is 11.3. The molecule has 30 heavy (non-hydrogen) atoms. The lowest BCUT2D eigenvalue weighted by Crippen LogP contribution is -2.26. The van der Waals surface area contributed by atoms with Gasteiger partial charge in [0.05, 0.1) is 12.2 Å². The van der Waals surface area contributed by atoms with Gasteiger partial charge in [-0.3, -0.25) is 4.79 Å². The third-order valence-corrected chi connectivity index (χ3v) is 7.11. The van der Waals surface area contributed by atoms with Gasteiger partial charge in [-0.05, 0) is 55.5 Å². The molecular formula is C23H28F2O4S. The Morgan fingerprint density at radius 2 is 2.07 bits per heavy atom. The van der Waals surface area contributed by atoms with Crippen molar-refractivity contribution in [2.24, 2.45) is 11.8 Å². The molecule has 1 aromatic heterocycles. The number of aliphatic hydroxyl groups excluding tert-OH is 2. The van der Waals surface area contributed by atoms with Crippen LogP contribution in [0.3, 0.4) is 0 Å². The smallest absolute Gasteiger partial charge is 0.303 e. The first-order valence-corrected chi connectivity index (χ1v) is 11.2. The summed E-state index contributed by atoms with van der Waals surface area (Å²) in [6.45, 7) is 0. The van der Waals surface area contributed by atoms with E-state index in [0.717, 1.165) is 15.0 Å². The Bertz CT molecular complexity index is 846. The molecule has 0 amide bonds. The van der Waals surface area contributed by atoms with Crippen LogP contribution < -0.4 is 0 Å². The van der Waals surface area contributed by atoms with Gasteiger partial charge in [0.1, 0.15) is 0 Å². The number of carbonyl (C=O) groups is 1. The second kappa shape index (κ2) is 9.98. The molecule has 1 heterocycles. The Morgan fingerprint density at radius 1 is 1.30 bits per heavy atom. The van der Waals surface area contributed by atoms with Gasteiger partial charge in [0.25, 0.3) is 5.92 Å². The minimum atomic E-state index is -2.96. The average molecular weight is 439 g/mol. The summed E-state index contributed by atoms with van der Waals surface area (Å²) in [5, 5.41) is 30.4. The molecule has 0 spiro atoms. The maximum absolute atomic E-state index is 14.5. The maximum Gasteiger partial charge on any atom is 0.303 e. The number of hydrogen-bond donors (Lipinski definition) is 3. The number of aliphatic hydroxyl groups is 2. The highest BCUT2D eigenvalue weighted by Gasteiger charge is 2.53. The summed E-state index contributed by atoms with van der Waals surface area (Å²) in [6.07, 6.45) is 2.98. The van der Waals surface area contributed by atoms with Gasteiger partial charge in [0, 0.05) is 28.3 Å². The van der Waals surface area contributed by atoms with E-state index in [9.17, 15) is 23.8 Å². The summed E-state index contributed by atoms with van der Waals surface area (Å²) < 4.78 is 30.1. The van der Waals surface area contributed by atoms with Gasteiger partial charge >= 0.3 is 5.97 Å². The van der Waals surface area contributed by atoms with Gasteiger partial charge in [-0.25, -0.2) is 8.78 Å². The highest BCUT2D eigenvalue weighted by atomic mass is 32.1. The molecule has 3 rings (SSSR count). The van der Waals surface area contributed by atoms with E-state index in [-0.39, 0.29) is 19.3 Å². The molecule has 0 saturated heterocycles. The van der Waals surface area contributed by atoms with E-state index >= 15 is 0 Å². The van der Waals surface area contributed by atoms with Crippen molar-refractivity contribution in [3.05, 3.63) is 47.4 Å². The van der Waals surface area contributed by atoms with Crippen LogP contribution in [0, 0.1) is 11.8 Å². The lowest BCUT2D eigenvalue weighted by Gasteiger charge is -2.25. The molecule has 4 nitrogen and oxygen atoms in total. The lowest BCUT2D eigenvalue weighted by molar-refractivity contribution is -0.137. The van der Waals surface area contributed by atoms with Crippen LogP contribution in [0.15, 0.2) is 42.5 Å². The first-order valence-electron chi connectivity index (χ1n) is 10.4. The zero-order valence-electron chi connectivity index (χ0n) is 16.7. The predicted octanol–water partition coefficient (Wildman–Crippen LogP) is 5.55. The van der Waals surface area contributed by atoms with Gasteiger partial charge in [-0.15, -0.1) is 11.3 Å². The molecular weight excluding hydrogens is 410 g/mol. The molecule has 1 aliphatic carbocycles. The number of alkyl halides is 2. The highest BCUT2D eigenvalue weighted by molar-refractivity contribution is 7.19. The Kier molecular flexibility index (Phi) is 7.60. The number of halogens is 2. The van der Waals surface area contributed by atoms with Gasteiger partial charge in [-0.2, -0.15) is 0 Å². The maximum atomic E-state index is 14.5. The Balaban J connectivity index is 1.58. The summed E-state index contributed by atoms with van der Waals surface area (Å²) in [6, 6.07) is 9.68. The van der Waals surface area contributed by atoms with Crippen LogP contribution in [-0.4, -0.2) is 33.3 Å². The number of rotatable bonds is 10. The third-order valence-electron chi connectivity index (χ3n) is 5.90. The Morgan fingerprint density at radius 3 is 2.80 bits per heavy atom. The molecule has 4 atom stereocenters. The van der Waals surface area contributed by atoms with E-state index in [1.165, 1.54) is 11.3 Å². The number of carboxylic acids is 1. The molecule has 3 N–H and O–H groups in total. The molecule has 0 radical (unpaired) electrons. The molecule has 164 valence electrons. The minimum Gasteiger partial charge on any atom is -0.481 e. The predicted molar refractivity (Wildman–Crippen MR) is 114 cm³/mol. The van der Waals surface area contributed by atoms with Crippen molar-refractivity contribution in [2.45, 2.75) is 63.1 Å². The first-order chi connectivity index (χ1) is 14.3. The molecule has 0 aliphatic heterocycles. The van der Waals surface area contributed by atoms with Crippen molar-refractivity contribution < 1.29 is 28.9 Å². The van der Waals surface area contributed by atoms with Crippen molar-refractivity contribution in [3.8, 4) is 0 Å². The molecule has 7 heteroatoms. The van der Waals surface area contributed by atoms with Gasteiger partial charge in [0.15, 0.2) is 0 Å². The normalized spacial score (nSPS) is 24.6. The molecule has 1 aromatic carbocycles. The largest absolute Gasteiger partial charge is 0.481 e. The Hall–Kier alpha value is -1.83. The van der Waals surface area contributed by atoms with Crippen molar-refractivity contribution in [2.75, 3.05) is 0 Å². The summed E-state index contributed by atoms with van der Waals surface area (Å²) >= 11 is 1.47. The summed E-state index contributed by atoms with van der Waals surface area (Å²) in [7, 11) is 0. The van der Waals surface area contributed by atoms with Crippen LogP contribution in [0.1, 0.15) is 55.9 Å². The number of benzene rings is 1. The molecule has 0 bridgehead atoms. The van der Waals surface area contributed by atoms with Crippen molar-refractivity contribution >= 4 is 27.4 Å². The van der Waals surface area contributed by atoms with Crippen LogP contribution in [0.25, 0.3) is 10.1 Å². The van der Waals surface area contributed by atoms with Crippen molar-refractivity contribution in [3.63, 3.8) is 0 Å². The van der Waals surface area contributed by atoms with E-state index in [4.69, 9.17) is 5.11 Å². The van der Waals surface area contributed by atoms with Crippen LogP contribution >= 0.6 is 11.3 Å². The number of carboxylic acid groups (broad SMARTS) is 1. The van der Waals surface area contributed by atoms with E-state index in [1.807, 2.05) is 30.3 Å². The summed E-state index contributed by atoms with van der Waals surface area (Å²) in [5.74, 6) is -5.36. The molecule has 1 aliphatic rings. The molecule has 0 unspecified atom stereocenters. The number of thiophene rings is 1. The standard InChI is InChI=1S/C23H28F2O4S/c24-23(25)14-19(27)16(8-3-1-2-4-10-22(28)29)17(23)11-12-18(26)21-13-15-7-5-6-9-20(15)30-21/h1,3,5-7,9,13,16-19,26-27H,2,4,8,10-12,14H2,(H,28,29)/t16-,17-,18-,19+/m1/s1. The number of allylic oxidation sites excluding steroid dienone is 2. The fraction of sp³-hybridized carbons (Fsp3) is 0.522. The van der Waals surface area contributed by atoms with Crippen molar-refractivity contribution in [1.82, 2.24) is 0 Å². The van der Waals surface area contributed by atoms with E-state index in [1.54, 1.807) is 12.2 Å². The first kappa shape index (κ1) is 22.8. The quantitative estimate of drug-likeness (QED) is 0.336. The molecule has 1 saturated carbocycles. The van der Waals surface area contributed by atoms with Gasteiger partial charge < -0.3 is 15.3 Å². The third kappa shape index (κ3) is 5.65.